The number of aromatic nitrogens is 2. The van der Waals surface area contributed by atoms with Crippen LogP contribution in [0, 0.1) is 6.92 Å². The highest BCUT2D eigenvalue weighted by molar-refractivity contribution is 6.55. The van der Waals surface area contributed by atoms with Gasteiger partial charge in [0.2, 0.25) is 11.8 Å². The van der Waals surface area contributed by atoms with E-state index >= 15 is 0 Å². The van der Waals surface area contributed by atoms with E-state index in [1.807, 2.05) is 18.2 Å². The van der Waals surface area contributed by atoms with Crippen molar-refractivity contribution in [2.45, 2.75) is 52.2 Å². The zero-order valence-corrected chi connectivity index (χ0v) is 13.7. The second kappa shape index (κ2) is 5.21. The van der Waals surface area contributed by atoms with Crippen LogP contribution in [-0.4, -0.2) is 28.5 Å². The van der Waals surface area contributed by atoms with Crippen molar-refractivity contribution in [1.82, 2.24) is 10.2 Å². The molecule has 0 amide bonds. The molecule has 5 nitrogen and oxygen atoms in total. The number of rotatable bonds is 2. The first-order chi connectivity index (χ1) is 10.3. The summed E-state index contributed by atoms with van der Waals surface area (Å²) in [6, 6.07) is 0. The Bertz CT molecular complexity index is 655. The first-order valence-electron chi connectivity index (χ1n) is 7.52. The molecule has 116 valence electrons. The lowest BCUT2D eigenvalue weighted by Gasteiger charge is -2.32. The predicted octanol–water partition coefficient (Wildman–Crippen LogP) is 3.28. The standard InChI is InChI=1S/C16H21BN2O3/c1-11-18-19-14(20-11)12-7-6-8-13(10-9-12)17-21-15(2,3)16(4,5)22-17/h6,8-10H,7H2,1-5H3. The molecule has 0 N–H and O–H groups in total. The van der Waals surface area contributed by atoms with Crippen LogP contribution in [0.4, 0.5) is 0 Å². The summed E-state index contributed by atoms with van der Waals surface area (Å²) in [4.78, 5) is 0. The number of nitrogens with zero attached hydrogens (tertiary/aromatic N) is 2. The molecule has 0 saturated carbocycles. The second-order valence-electron chi connectivity index (χ2n) is 6.68. The molecule has 0 spiro atoms. The lowest BCUT2D eigenvalue weighted by molar-refractivity contribution is 0.00578. The minimum atomic E-state index is -0.360. The van der Waals surface area contributed by atoms with Crippen LogP contribution in [-0.2, 0) is 9.31 Å². The van der Waals surface area contributed by atoms with E-state index in [9.17, 15) is 0 Å². The Morgan fingerprint density at radius 3 is 2.32 bits per heavy atom. The van der Waals surface area contributed by atoms with Gasteiger partial charge in [0.1, 0.15) is 0 Å². The van der Waals surface area contributed by atoms with Gasteiger partial charge in [0.25, 0.3) is 0 Å². The highest BCUT2D eigenvalue weighted by atomic mass is 16.7. The monoisotopic (exact) mass is 300 g/mol. The molecule has 1 aromatic rings. The molecule has 1 aliphatic heterocycles. The molecule has 22 heavy (non-hydrogen) atoms. The lowest BCUT2D eigenvalue weighted by atomic mass is 9.78. The molecule has 0 aromatic carbocycles. The number of aryl methyl sites for hydroxylation is 1. The van der Waals surface area contributed by atoms with Gasteiger partial charge in [0.15, 0.2) is 0 Å². The van der Waals surface area contributed by atoms with Crippen LogP contribution >= 0.6 is 0 Å². The van der Waals surface area contributed by atoms with Crippen molar-refractivity contribution in [2.24, 2.45) is 0 Å². The van der Waals surface area contributed by atoms with Gasteiger partial charge in [0.05, 0.1) is 11.2 Å². The lowest BCUT2D eigenvalue weighted by Crippen LogP contribution is -2.41. The third-order valence-electron chi connectivity index (χ3n) is 4.45. The van der Waals surface area contributed by atoms with Gasteiger partial charge in [-0.25, -0.2) is 0 Å². The van der Waals surface area contributed by atoms with E-state index in [1.54, 1.807) is 6.92 Å². The zero-order valence-electron chi connectivity index (χ0n) is 13.7. The fraction of sp³-hybridized carbons (Fsp3) is 0.500. The summed E-state index contributed by atoms with van der Waals surface area (Å²) in [6.45, 7) is 10.00. The Morgan fingerprint density at radius 1 is 1.05 bits per heavy atom. The summed E-state index contributed by atoms with van der Waals surface area (Å²) < 4.78 is 17.7. The van der Waals surface area contributed by atoms with E-state index in [2.05, 4.69) is 44.0 Å². The van der Waals surface area contributed by atoms with Gasteiger partial charge < -0.3 is 13.7 Å². The largest absolute Gasteiger partial charge is 0.494 e. The normalized spacial score (nSPS) is 23.2. The highest BCUT2D eigenvalue weighted by Crippen LogP contribution is 2.39. The summed E-state index contributed by atoms with van der Waals surface area (Å²) in [7, 11) is -0.360. The SMILES string of the molecule is Cc1nnc(C2=CC=C(B3OC(C)(C)C(C)(C)O3)C=CC2)o1. The van der Waals surface area contributed by atoms with Crippen molar-refractivity contribution in [3.05, 3.63) is 41.6 Å². The molecule has 0 radical (unpaired) electrons. The molecule has 1 aromatic heterocycles. The van der Waals surface area contributed by atoms with Crippen LogP contribution in [0.15, 0.2) is 34.2 Å². The molecule has 6 heteroatoms. The van der Waals surface area contributed by atoms with Gasteiger partial charge in [-0.3, -0.25) is 0 Å². The van der Waals surface area contributed by atoms with Crippen LogP contribution in [0.1, 0.15) is 45.9 Å². The Morgan fingerprint density at radius 2 is 1.73 bits per heavy atom. The fourth-order valence-corrected chi connectivity index (χ4v) is 2.36. The summed E-state index contributed by atoms with van der Waals surface area (Å²) >= 11 is 0. The quantitative estimate of drug-likeness (QED) is 0.784. The fourth-order valence-electron chi connectivity index (χ4n) is 2.36. The molecule has 2 aliphatic rings. The highest BCUT2D eigenvalue weighted by Gasteiger charge is 2.51. The molecular weight excluding hydrogens is 279 g/mol. The van der Waals surface area contributed by atoms with Gasteiger partial charge in [-0.2, -0.15) is 0 Å². The van der Waals surface area contributed by atoms with E-state index in [0.29, 0.717) is 11.8 Å². The van der Waals surface area contributed by atoms with E-state index in [1.165, 1.54) is 0 Å². The summed E-state index contributed by atoms with van der Waals surface area (Å²) in [5, 5.41) is 7.94. The Kier molecular flexibility index (Phi) is 3.61. The van der Waals surface area contributed by atoms with Gasteiger partial charge in [0, 0.05) is 12.5 Å². The van der Waals surface area contributed by atoms with Gasteiger partial charge in [-0.05, 0) is 39.6 Å². The number of allylic oxidation sites excluding steroid dienone is 6. The minimum Gasteiger partial charge on any atom is -0.421 e. The molecule has 2 heterocycles. The third-order valence-corrected chi connectivity index (χ3v) is 4.45. The van der Waals surface area contributed by atoms with Gasteiger partial charge >= 0.3 is 7.12 Å². The molecule has 1 aliphatic carbocycles. The second-order valence-corrected chi connectivity index (χ2v) is 6.68. The van der Waals surface area contributed by atoms with Crippen molar-refractivity contribution in [3.63, 3.8) is 0 Å². The summed E-state index contributed by atoms with van der Waals surface area (Å²) in [6.07, 6.45) is 8.83. The Hall–Kier alpha value is -1.66. The van der Waals surface area contributed by atoms with Crippen molar-refractivity contribution in [2.75, 3.05) is 0 Å². The minimum absolute atomic E-state index is 0.338. The molecule has 0 atom stereocenters. The maximum atomic E-state index is 6.08. The summed E-state index contributed by atoms with van der Waals surface area (Å²) in [5.74, 6) is 1.13. The third kappa shape index (κ3) is 2.68. The van der Waals surface area contributed by atoms with E-state index in [4.69, 9.17) is 13.7 Å². The Labute approximate surface area is 131 Å². The molecule has 0 bridgehead atoms. The number of hydrogen-bond donors (Lipinski definition) is 0. The molecule has 1 saturated heterocycles. The summed E-state index contributed by atoms with van der Waals surface area (Å²) in [5.41, 5.74) is 1.30. The molecule has 1 fully saturated rings. The molecule has 0 unspecified atom stereocenters. The van der Waals surface area contributed by atoms with Crippen LogP contribution in [0.3, 0.4) is 0 Å². The smallest absolute Gasteiger partial charge is 0.421 e. The van der Waals surface area contributed by atoms with E-state index in [0.717, 1.165) is 17.5 Å². The number of hydrogen-bond acceptors (Lipinski definition) is 5. The van der Waals surface area contributed by atoms with Crippen LogP contribution < -0.4 is 0 Å². The molecule has 3 rings (SSSR count). The maximum Gasteiger partial charge on any atom is 0.494 e. The van der Waals surface area contributed by atoms with Crippen LogP contribution in [0.25, 0.3) is 5.57 Å². The Balaban J connectivity index is 1.84. The average molecular weight is 300 g/mol. The van der Waals surface area contributed by atoms with E-state index in [-0.39, 0.29) is 18.3 Å². The van der Waals surface area contributed by atoms with Crippen molar-refractivity contribution in [1.29, 1.82) is 0 Å². The van der Waals surface area contributed by atoms with Crippen molar-refractivity contribution < 1.29 is 13.7 Å². The van der Waals surface area contributed by atoms with Crippen molar-refractivity contribution in [3.8, 4) is 0 Å². The predicted molar refractivity (Wildman–Crippen MR) is 84.9 cm³/mol. The van der Waals surface area contributed by atoms with E-state index < -0.39 is 0 Å². The average Bonchev–Trinajstić information content (AvgIpc) is 2.82. The van der Waals surface area contributed by atoms with Crippen LogP contribution in [0.5, 0.6) is 0 Å². The first-order valence-corrected chi connectivity index (χ1v) is 7.52. The zero-order chi connectivity index (χ0) is 16.0. The van der Waals surface area contributed by atoms with Gasteiger partial charge in [-0.15, -0.1) is 10.2 Å². The first kappa shape index (κ1) is 15.2. The van der Waals surface area contributed by atoms with Crippen molar-refractivity contribution >= 4 is 12.7 Å². The molecular formula is C16H21BN2O3. The van der Waals surface area contributed by atoms with Crippen LogP contribution in [0.2, 0.25) is 0 Å². The van der Waals surface area contributed by atoms with Gasteiger partial charge in [-0.1, -0.05) is 24.3 Å². The topological polar surface area (TPSA) is 57.4 Å². The maximum absolute atomic E-state index is 6.08.